The molecule has 0 radical (unpaired) electrons. The summed E-state index contributed by atoms with van der Waals surface area (Å²) in [7, 11) is 0. The monoisotopic (exact) mass is 310 g/mol. The van der Waals surface area contributed by atoms with Crippen molar-refractivity contribution in [3.63, 3.8) is 0 Å². The Hall–Kier alpha value is -1.34. The van der Waals surface area contributed by atoms with Crippen molar-refractivity contribution in [1.29, 1.82) is 0 Å². The third-order valence-corrected chi connectivity index (χ3v) is 5.39. The summed E-state index contributed by atoms with van der Waals surface area (Å²) >= 11 is 1.33. The molecule has 7 heteroatoms. The van der Waals surface area contributed by atoms with Crippen molar-refractivity contribution in [2.75, 3.05) is 24.2 Å². The molecule has 4 N–H and O–H groups in total. The number of aromatic nitrogens is 1. The summed E-state index contributed by atoms with van der Waals surface area (Å²) in [5, 5.41) is 13.2. The lowest BCUT2D eigenvalue weighted by Crippen LogP contribution is -2.45. The van der Waals surface area contributed by atoms with E-state index < -0.39 is 0 Å². The topological polar surface area (TPSA) is 91.5 Å². The first-order chi connectivity index (χ1) is 10.2. The van der Waals surface area contributed by atoms with E-state index in [1.54, 1.807) is 4.90 Å². The Labute approximate surface area is 128 Å². The number of anilines is 2. The van der Waals surface area contributed by atoms with Crippen LogP contribution in [0.15, 0.2) is 0 Å². The Morgan fingerprint density at radius 3 is 2.62 bits per heavy atom. The van der Waals surface area contributed by atoms with Crippen LogP contribution in [-0.4, -0.2) is 46.1 Å². The van der Waals surface area contributed by atoms with E-state index in [0.717, 1.165) is 37.2 Å². The summed E-state index contributed by atoms with van der Waals surface area (Å²) in [6.07, 6.45) is 6.72. The average molecular weight is 310 g/mol. The smallest absolute Gasteiger partial charge is 0.268 e. The number of hydrogen-bond acceptors (Lipinski definition) is 6. The molecule has 0 spiro atoms. The van der Waals surface area contributed by atoms with Crippen molar-refractivity contribution in [2.24, 2.45) is 0 Å². The Morgan fingerprint density at radius 2 is 2.10 bits per heavy atom. The number of nitrogens with one attached hydrogen (secondary N) is 1. The molecule has 0 aliphatic heterocycles. The van der Waals surface area contributed by atoms with Crippen LogP contribution < -0.4 is 11.1 Å². The van der Waals surface area contributed by atoms with E-state index in [4.69, 9.17) is 5.73 Å². The summed E-state index contributed by atoms with van der Waals surface area (Å²) in [5.41, 5.74) is 5.92. The van der Waals surface area contributed by atoms with E-state index >= 15 is 0 Å². The van der Waals surface area contributed by atoms with Crippen LogP contribution in [-0.2, 0) is 0 Å². The zero-order valence-electron chi connectivity index (χ0n) is 12.0. The van der Waals surface area contributed by atoms with E-state index in [1.807, 2.05) is 0 Å². The quantitative estimate of drug-likeness (QED) is 0.743. The number of aliphatic hydroxyl groups excluding tert-OH is 1. The van der Waals surface area contributed by atoms with Gasteiger partial charge in [0.15, 0.2) is 5.13 Å². The third kappa shape index (κ3) is 2.98. The highest BCUT2D eigenvalue weighted by atomic mass is 32.1. The molecule has 2 fully saturated rings. The molecule has 2 aliphatic rings. The minimum Gasteiger partial charge on any atom is -0.395 e. The van der Waals surface area contributed by atoms with Crippen LogP contribution in [0.25, 0.3) is 0 Å². The van der Waals surface area contributed by atoms with Gasteiger partial charge in [-0.1, -0.05) is 11.3 Å². The van der Waals surface area contributed by atoms with Crippen LogP contribution in [0, 0.1) is 0 Å². The number of nitrogen functional groups attached to an aromatic ring is 1. The highest BCUT2D eigenvalue weighted by Crippen LogP contribution is 2.32. The van der Waals surface area contributed by atoms with Crippen molar-refractivity contribution in [1.82, 2.24) is 9.88 Å². The lowest BCUT2D eigenvalue weighted by molar-refractivity contribution is 0.0531. The second kappa shape index (κ2) is 6.19. The van der Waals surface area contributed by atoms with E-state index in [2.05, 4.69) is 10.3 Å². The van der Waals surface area contributed by atoms with Gasteiger partial charge in [0.25, 0.3) is 5.91 Å². The van der Waals surface area contributed by atoms with Crippen molar-refractivity contribution in [3.8, 4) is 0 Å². The molecule has 0 atom stereocenters. The van der Waals surface area contributed by atoms with Crippen LogP contribution in [0.2, 0.25) is 0 Å². The van der Waals surface area contributed by atoms with Gasteiger partial charge >= 0.3 is 0 Å². The molecular weight excluding hydrogens is 288 g/mol. The molecule has 6 nitrogen and oxygen atoms in total. The summed E-state index contributed by atoms with van der Waals surface area (Å²) in [6.45, 7) is 0.348. The van der Waals surface area contributed by atoms with Gasteiger partial charge in [0, 0.05) is 18.6 Å². The second-order valence-corrected chi connectivity index (χ2v) is 6.81. The lowest BCUT2D eigenvalue weighted by atomic mass is 9.91. The number of nitrogens with two attached hydrogens (primary N) is 1. The molecule has 21 heavy (non-hydrogen) atoms. The number of aliphatic hydroxyl groups is 1. The number of carbonyl (C=O) groups excluding carboxylic acids is 1. The van der Waals surface area contributed by atoms with E-state index in [1.165, 1.54) is 17.8 Å². The Morgan fingerprint density at radius 1 is 1.38 bits per heavy atom. The predicted molar refractivity (Wildman–Crippen MR) is 83.5 cm³/mol. The SMILES string of the molecule is Nc1nc(NC2CCC2)sc1C(=O)N(CCO)C1CCC1. The van der Waals surface area contributed by atoms with Gasteiger partial charge in [-0.3, -0.25) is 4.79 Å². The number of amides is 1. The third-order valence-electron chi connectivity index (χ3n) is 4.40. The molecule has 1 heterocycles. The number of rotatable bonds is 6. The number of nitrogens with zero attached hydrogens (tertiary/aromatic N) is 2. The van der Waals surface area contributed by atoms with Crippen molar-refractivity contribution in [2.45, 2.75) is 50.6 Å². The Kier molecular flexibility index (Phi) is 4.30. The molecular formula is C14H22N4O2S. The van der Waals surface area contributed by atoms with E-state index in [9.17, 15) is 9.90 Å². The van der Waals surface area contributed by atoms with Crippen molar-refractivity contribution >= 4 is 28.2 Å². The summed E-state index contributed by atoms with van der Waals surface area (Å²) < 4.78 is 0. The van der Waals surface area contributed by atoms with Crippen LogP contribution in [0.5, 0.6) is 0 Å². The summed E-state index contributed by atoms with van der Waals surface area (Å²) in [6, 6.07) is 0.716. The normalized spacial score (nSPS) is 18.9. The molecule has 1 aromatic heterocycles. The molecule has 0 bridgehead atoms. The first-order valence-electron chi connectivity index (χ1n) is 7.63. The highest BCUT2D eigenvalue weighted by Gasteiger charge is 2.31. The van der Waals surface area contributed by atoms with Gasteiger partial charge in [0.05, 0.1) is 6.61 Å². The fourth-order valence-corrected chi connectivity index (χ4v) is 3.58. The molecule has 3 rings (SSSR count). The zero-order valence-corrected chi connectivity index (χ0v) is 12.9. The van der Waals surface area contributed by atoms with Crippen LogP contribution in [0.3, 0.4) is 0 Å². The number of thiazole rings is 1. The van der Waals surface area contributed by atoms with Crippen LogP contribution >= 0.6 is 11.3 Å². The zero-order chi connectivity index (χ0) is 14.8. The highest BCUT2D eigenvalue weighted by molar-refractivity contribution is 7.18. The lowest BCUT2D eigenvalue weighted by Gasteiger charge is -2.37. The number of carbonyl (C=O) groups is 1. The minimum absolute atomic E-state index is 0.0197. The molecule has 0 saturated heterocycles. The Balaban J connectivity index is 1.72. The van der Waals surface area contributed by atoms with E-state index in [-0.39, 0.29) is 18.6 Å². The maximum atomic E-state index is 12.6. The maximum absolute atomic E-state index is 12.6. The van der Waals surface area contributed by atoms with Crippen molar-refractivity contribution < 1.29 is 9.90 Å². The van der Waals surface area contributed by atoms with Gasteiger partial charge in [0.2, 0.25) is 0 Å². The first kappa shape index (κ1) is 14.6. The molecule has 0 unspecified atom stereocenters. The van der Waals surface area contributed by atoms with Crippen LogP contribution in [0.1, 0.15) is 48.2 Å². The standard InChI is InChI=1S/C14H22N4O2S/c15-12-11(21-14(17-12)16-9-3-1-4-9)13(20)18(7-8-19)10-5-2-6-10/h9-10,19H,1-8,15H2,(H,16,17). The average Bonchev–Trinajstić information content (AvgIpc) is 2.71. The molecule has 2 saturated carbocycles. The van der Waals surface area contributed by atoms with Crippen LogP contribution in [0.4, 0.5) is 10.9 Å². The molecule has 116 valence electrons. The second-order valence-electron chi connectivity index (χ2n) is 5.81. The Bertz CT molecular complexity index is 511. The van der Waals surface area contributed by atoms with E-state index in [0.29, 0.717) is 23.3 Å². The summed E-state index contributed by atoms with van der Waals surface area (Å²) in [5.74, 6) is 0.208. The fourth-order valence-electron chi connectivity index (χ4n) is 2.66. The van der Waals surface area contributed by atoms with Gasteiger partial charge in [-0.25, -0.2) is 4.98 Å². The van der Waals surface area contributed by atoms with Gasteiger partial charge < -0.3 is 21.1 Å². The van der Waals surface area contributed by atoms with Gasteiger partial charge in [-0.15, -0.1) is 0 Å². The molecule has 0 aromatic carbocycles. The molecule has 2 aliphatic carbocycles. The largest absolute Gasteiger partial charge is 0.395 e. The molecule has 1 aromatic rings. The maximum Gasteiger partial charge on any atom is 0.268 e. The number of hydrogen-bond donors (Lipinski definition) is 3. The van der Waals surface area contributed by atoms with Gasteiger partial charge in [-0.2, -0.15) is 0 Å². The fraction of sp³-hybridized carbons (Fsp3) is 0.714. The van der Waals surface area contributed by atoms with Crippen molar-refractivity contribution in [3.05, 3.63) is 4.88 Å². The molecule has 1 amide bonds. The van der Waals surface area contributed by atoms with Gasteiger partial charge in [-0.05, 0) is 38.5 Å². The van der Waals surface area contributed by atoms with Gasteiger partial charge in [0.1, 0.15) is 10.7 Å². The minimum atomic E-state index is -0.0922. The summed E-state index contributed by atoms with van der Waals surface area (Å²) in [4.78, 5) is 19.2. The predicted octanol–water partition coefficient (Wildman–Crippen LogP) is 1.68. The first-order valence-corrected chi connectivity index (χ1v) is 8.45.